The Morgan fingerprint density at radius 2 is 2.23 bits per heavy atom. The predicted molar refractivity (Wildman–Crippen MR) is 87.0 cm³/mol. The van der Waals surface area contributed by atoms with Crippen molar-refractivity contribution in [2.45, 2.75) is 13.3 Å². The van der Waals surface area contributed by atoms with E-state index in [0.717, 1.165) is 11.1 Å². The Labute approximate surface area is 135 Å². The van der Waals surface area contributed by atoms with E-state index < -0.39 is 0 Å². The lowest BCUT2D eigenvalue weighted by Gasteiger charge is -2.15. The van der Waals surface area contributed by atoms with Crippen LogP contribution in [-0.4, -0.2) is 29.1 Å². The van der Waals surface area contributed by atoms with Crippen LogP contribution in [0.3, 0.4) is 0 Å². The molecule has 2 N–H and O–H groups in total. The molecule has 0 saturated carbocycles. The second kappa shape index (κ2) is 7.92. The SMILES string of the molecule is Cc1ccc(C(=O)NC[C@@H](CO)Cc2cccnc2)c(Cl)c1. The number of aliphatic hydroxyl groups excluding tert-OH is 1. The third-order valence-electron chi connectivity index (χ3n) is 3.43. The average Bonchev–Trinajstić information content (AvgIpc) is 2.52. The van der Waals surface area contributed by atoms with Gasteiger partial charge in [-0.3, -0.25) is 9.78 Å². The van der Waals surface area contributed by atoms with Crippen LogP contribution in [-0.2, 0) is 6.42 Å². The second-order valence-corrected chi connectivity index (χ2v) is 5.71. The van der Waals surface area contributed by atoms with Crippen molar-refractivity contribution in [3.8, 4) is 0 Å². The van der Waals surface area contributed by atoms with Gasteiger partial charge in [-0.1, -0.05) is 23.7 Å². The van der Waals surface area contributed by atoms with Crippen LogP contribution in [0.25, 0.3) is 0 Å². The minimum Gasteiger partial charge on any atom is -0.396 e. The molecule has 0 spiro atoms. The van der Waals surface area contributed by atoms with Crippen molar-refractivity contribution in [2.24, 2.45) is 5.92 Å². The average molecular weight is 319 g/mol. The lowest BCUT2D eigenvalue weighted by molar-refractivity contribution is 0.0940. The minimum absolute atomic E-state index is 0.00317. The molecular formula is C17H19ClN2O2. The van der Waals surface area contributed by atoms with Gasteiger partial charge in [0, 0.05) is 31.5 Å². The largest absolute Gasteiger partial charge is 0.396 e. The molecule has 1 aromatic heterocycles. The Morgan fingerprint density at radius 3 is 2.86 bits per heavy atom. The molecule has 1 aromatic carbocycles. The fraction of sp³-hybridized carbons (Fsp3) is 0.294. The summed E-state index contributed by atoms with van der Waals surface area (Å²) in [6.07, 6.45) is 4.13. The smallest absolute Gasteiger partial charge is 0.252 e. The van der Waals surface area contributed by atoms with Gasteiger partial charge in [0.05, 0.1) is 10.6 Å². The predicted octanol–water partition coefficient (Wildman–Crippen LogP) is 2.62. The number of carbonyl (C=O) groups is 1. The number of pyridine rings is 1. The van der Waals surface area contributed by atoms with Gasteiger partial charge in [-0.05, 0) is 42.7 Å². The lowest BCUT2D eigenvalue weighted by Crippen LogP contribution is -2.32. The third-order valence-corrected chi connectivity index (χ3v) is 3.74. The molecule has 1 heterocycles. The van der Waals surface area contributed by atoms with Gasteiger partial charge in [0.1, 0.15) is 0 Å². The number of aliphatic hydroxyl groups is 1. The van der Waals surface area contributed by atoms with Crippen LogP contribution in [0.1, 0.15) is 21.5 Å². The van der Waals surface area contributed by atoms with Gasteiger partial charge in [0.15, 0.2) is 0 Å². The first-order chi connectivity index (χ1) is 10.6. The fourth-order valence-corrected chi connectivity index (χ4v) is 2.51. The number of amides is 1. The number of nitrogens with zero attached hydrogens (tertiary/aromatic N) is 1. The normalized spacial score (nSPS) is 12.0. The van der Waals surface area contributed by atoms with E-state index in [-0.39, 0.29) is 18.4 Å². The molecule has 116 valence electrons. The number of rotatable bonds is 6. The number of hydrogen-bond acceptors (Lipinski definition) is 3. The number of nitrogens with one attached hydrogen (secondary N) is 1. The molecule has 1 atom stereocenters. The lowest BCUT2D eigenvalue weighted by atomic mass is 10.0. The van der Waals surface area contributed by atoms with E-state index in [1.54, 1.807) is 24.5 Å². The Morgan fingerprint density at radius 1 is 1.41 bits per heavy atom. The van der Waals surface area contributed by atoms with Crippen molar-refractivity contribution < 1.29 is 9.90 Å². The van der Waals surface area contributed by atoms with E-state index in [1.165, 1.54) is 0 Å². The van der Waals surface area contributed by atoms with Gasteiger partial charge in [-0.15, -0.1) is 0 Å². The first-order valence-electron chi connectivity index (χ1n) is 7.14. The monoisotopic (exact) mass is 318 g/mol. The zero-order chi connectivity index (χ0) is 15.9. The maximum Gasteiger partial charge on any atom is 0.252 e. The molecule has 0 saturated heterocycles. The summed E-state index contributed by atoms with van der Waals surface area (Å²) >= 11 is 6.08. The maximum absolute atomic E-state index is 12.2. The van der Waals surface area contributed by atoms with Crippen LogP contribution >= 0.6 is 11.6 Å². The zero-order valence-electron chi connectivity index (χ0n) is 12.4. The summed E-state index contributed by atoms with van der Waals surface area (Å²) in [5, 5.41) is 12.7. The molecule has 0 aliphatic carbocycles. The Kier molecular flexibility index (Phi) is 5.92. The summed E-state index contributed by atoms with van der Waals surface area (Å²) in [6, 6.07) is 9.13. The van der Waals surface area contributed by atoms with Crippen molar-refractivity contribution in [3.05, 3.63) is 64.4 Å². The minimum atomic E-state index is -0.227. The van der Waals surface area contributed by atoms with E-state index in [4.69, 9.17) is 11.6 Å². The number of halogens is 1. The van der Waals surface area contributed by atoms with E-state index in [0.29, 0.717) is 23.6 Å². The van der Waals surface area contributed by atoms with Gasteiger partial charge in [0.2, 0.25) is 0 Å². The van der Waals surface area contributed by atoms with E-state index in [9.17, 15) is 9.90 Å². The first-order valence-corrected chi connectivity index (χ1v) is 7.52. The number of aryl methyl sites for hydroxylation is 1. The summed E-state index contributed by atoms with van der Waals surface area (Å²) in [6.45, 7) is 2.30. The van der Waals surface area contributed by atoms with Gasteiger partial charge < -0.3 is 10.4 Å². The number of benzene rings is 1. The molecule has 2 aromatic rings. The number of carbonyl (C=O) groups excluding carboxylic acids is 1. The van der Waals surface area contributed by atoms with Crippen molar-refractivity contribution in [2.75, 3.05) is 13.2 Å². The standard InChI is InChI=1S/C17H19ClN2O2/c1-12-4-5-15(16(18)7-12)17(22)20-10-14(11-21)8-13-3-2-6-19-9-13/h2-7,9,14,21H,8,10-11H2,1H3,(H,20,22)/t14-/m0/s1. The highest BCUT2D eigenvalue weighted by molar-refractivity contribution is 6.33. The molecule has 0 bridgehead atoms. The van der Waals surface area contributed by atoms with Gasteiger partial charge in [0.25, 0.3) is 5.91 Å². The van der Waals surface area contributed by atoms with Crippen LogP contribution in [0.4, 0.5) is 0 Å². The van der Waals surface area contributed by atoms with Crippen molar-refractivity contribution in [1.29, 1.82) is 0 Å². The molecule has 4 nitrogen and oxygen atoms in total. The Bertz CT molecular complexity index is 632. The number of hydrogen-bond donors (Lipinski definition) is 2. The van der Waals surface area contributed by atoms with Crippen LogP contribution < -0.4 is 5.32 Å². The van der Waals surface area contributed by atoms with Crippen LogP contribution in [0.15, 0.2) is 42.7 Å². The molecule has 5 heteroatoms. The molecule has 0 fully saturated rings. The molecular weight excluding hydrogens is 300 g/mol. The quantitative estimate of drug-likeness (QED) is 0.860. The highest BCUT2D eigenvalue weighted by atomic mass is 35.5. The molecule has 2 rings (SSSR count). The van der Waals surface area contributed by atoms with Gasteiger partial charge in [-0.2, -0.15) is 0 Å². The van der Waals surface area contributed by atoms with Crippen LogP contribution in [0, 0.1) is 12.8 Å². The maximum atomic E-state index is 12.2. The van der Waals surface area contributed by atoms with Crippen molar-refractivity contribution >= 4 is 17.5 Å². The van der Waals surface area contributed by atoms with Crippen LogP contribution in [0.5, 0.6) is 0 Å². The second-order valence-electron chi connectivity index (χ2n) is 5.31. The summed E-state index contributed by atoms with van der Waals surface area (Å²) in [5.74, 6) is -0.285. The molecule has 0 unspecified atom stereocenters. The van der Waals surface area contributed by atoms with Crippen molar-refractivity contribution in [1.82, 2.24) is 10.3 Å². The van der Waals surface area contributed by atoms with E-state index in [1.807, 2.05) is 25.1 Å². The van der Waals surface area contributed by atoms with Crippen molar-refractivity contribution in [3.63, 3.8) is 0 Å². The van der Waals surface area contributed by atoms with E-state index >= 15 is 0 Å². The topological polar surface area (TPSA) is 62.2 Å². The summed E-state index contributed by atoms with van der Waals surface area (Å²) in [5.41, 5.74) is 2.49. The molecule has 0 aliphatic rings. The number of aromatic nitrogens is 1. The Balaban J connectivity index is 1.94. The zero-order valence-corrected chi connectivity index (χ0v) is 13.2. The highest BCUT2D eigenvalue weighted by Crippen LogP contribution is 2.17. The van der Waals surface area contributed by atoms with Gasteiger partial charge in [-0.25, -0.2) is 0 Å². The summed E-state index contributed by atoms with van der Waals surface area (Å²) < 4.78 is 0. The summed E-state index contributed by atoms with van der Waals surface area (Å²) in [7, 11) is 0. The highest BCUT2D eigenvalue weighted by Gasteiger charge is 2.14. The Hall–Kier alpha value is -1.91. The molecule has 1 amide bonds. The molecule has 0 aliphatic heterocycles. The van der Waals surface area contributed by atoms with E-state index in [2.05, 4.69) is 10.3 Å². The van der Waals surface area contributed by atoms with Crippen LogP contribution in [0.2, 0.25) is 5.02 Å². The first kappa shape index (κ1) is 16.5. The molecule has 22 heavy (non-hydrogen) atoms. The summed E-state index contributed by atoms with van der Waals surface area (Å²) in [4.78, 5) is 16.2. The third kappa shape index (κ3) is 4.55. The fourth-order valence-electron chi connectivity index (χ4n) is 2.19. The molecule has 0 radical (unpaired) electrons. The van der Waals surface area contributed by atoms with Gasteiger partial charge >= 0.3 is 0 Å².